The van der Waals surface area contributed by atoms with Gasteiger partial charge in [-0.3, -0.25) is 4.79 Å². The molecule has 0 spiro atoms. The second-order valence-corrected chi connectivity index (χ2v) is 8.83. The van der Waals surface area contributed by atoms with Crippen molar-refractivity contribution in [3.63, 3.8) is 0 Å². The number of aromatic nitrogens is 5. The number of esters is 1. The first kappa shape index (κ1) is 24.4. The number of nitrogens with zero attached hydrogens (tertiary/aromatic N) is 5. The zero-order valence-corrected chi connectivity index (χ0v) is 20.0. The fourth-order valence-electron chi connectivity index (χ4n) is 3.50. The number of hydrogen-bond acceptors (Lipinski definition) is 11. The lowest BCUT2D eigenvalue weighted by molar-refractivity contribution is -0.156. The Morgan fingerprint density at radius 1 is 1.09 bits per heavy atom. The van der Waals surface area contributed by atoms with Crippen LogP contribution in [0.25, 0.3) is 33.4 Å². The lowest BCUT2D eigenvalue weighted by atomic mass is 10.1. The van der Waals surface area contributed by atoms with E-state index in [0.29, 0.717) is 60.0 Å². The zero-order valence-electron chi connectivity index (χ0n) is 20.0. The van der Waals surface area contributed by atoms with Crippen molar-refractivity contribution in [3.8, 4) is 11.3 Å². The molecule has 4 rings (SSSR count). The summed E-state index contributed by atoms with van der Waals surface area (Å²) in [4.78, 5) is 24.3. The van der Waals surface area contributed by atoms with E-state index in [1.807, 2.05) is 32.9 Å². The number of oxazole rings is 1. The van der Waals surface area contributed by atoms with Gasteiger partial charge in [-0.2, -0.15) is 10.1 Å². The molecule has 0 fully saturated rings. The first-order valence-corrected chi connectivity index (χ1v) is 11.2. The number of ether oxygens (including phenoxy) is 3. The molecular formula is C23H29N7O5. The molecule has 186 valence electrons. The van der Waals surface area contributed by atoms with Gasteiger partial charge in [0.15, 0.2) is 11.2 Å². The molecule has 12 heteroatoms. The minimum Gasteiger partial charge on any atom is -0.460 e. The molecule has 12 nitrogen and oxygen atoms in total. The van der Waals surface area contributed by atoms with E-state index < -0.39 is 5.60 Å². The van der Waals surface area contributed by atoms with Crippen molar-refractivity contribution in [1.29, 1.82) is 0 Å². The van der Waals surface area contributed by atoms with Crippen LogP contribution < -0.4 is 11.5 Å². The molecule has 0 saturated carbocycles. The van der Waals surface area contributed by atoms with Crippen molar-refractivity contribution >= 4 is 39.9 Å². The summed E-state index contributed by atoms with van der Waals surface area (Å²) in [6, 6.07) is 5.57. The smallest absolute Gasteiger partial charge is 0.308 e. The maximum absolute atomic E-state index is 11.7. The maximum Gasteiger partial charge on any atom is 0.308 e. The van der Waals surface area contributed by atoms with Crippen LogP contribution in [0, 0.1) is 0 Å². The molecular weight excluding hydrogens is 454 g/mol. The number of nitrogens with two attached hydrogens (primary N) is 2. The summed E-state index contributed by atoms with van der Waals surface area (Å²) in [5, 5.41) is 5.36. The average molecular weight is 484 g/mol. The zero-order chi connectivity index (χ0) is 25.0. The van der Waals surface area contributed by atoms with E-state index in [1.165, 1.54) is 6.33 Å². The van der Waals surface area contributed by atoms with Gasteiger partial charge in [-0.25, -0.2) is 14.6 Å². The number of nitrogen functional groups attached to an aromatic ring is 2. The molecule has 1 aromatic carbocycles. The third kappa shape index (κ3) is 6.03. The van der Waals surface area contributed by atoms with E-state index in [1.54, 1.807) is 10.7 Å². The van der Waals surface area contributed by atoms with E-state index >= 15 is 0 Å². The van der Waals surface area contributed by atoms with Gasteiger partial charge >= 0.3 is 5.97 Å². The van der Waals surface area contributed by atoms with Gasteiger partial charge in [0.2, 0.25) is 0 Å². The maximum atomic E-state index is 11.7. The van der Waals surface area contributed by atoms with E-state index in [-0.39, 0.29) is 25.0 Å². The predicted molar refractivity (Wildman–Crippen MR) is 129 cm³/mol. The van der Waals surface area contributed by atoms with E-state index in [4.69, 9.17) is 35.2 Å². The Balaban J connectivity index is 1.34. The topological polar surface area (TPSA) is 166 Å². The molecule has 0 atom stereocenters. The van der Waals surface area contributed by atoms with Crippen molar-refractivity contribution in [2.24, 2.45) is 0 Å². The first-order chi connectivity index (χ1) is 16.7. The van der Waals surface area contributed by atoms with Crippen molar-refractivity contribution in [3.05, 3.63) is 24.5 Å². The number of carbonyl (C=O) groups excluding carboxylic acids is 1. The van der Waals surface area contributed by atoms with Crippen LogP contribution >= 0.6 is 0 Å². The van der Waals surface area contributed by atoms with Gasteiger partial charge in [0.1, 0.15) is 29.0 Å². The summed E-state index contributed by atoms with van der Waals surface area (Å²) in [5.74, 6) is 0.0440. The van der Waals surface area contributed by atoms with Gasteiger partial charge in [-0.15, -0.1) is 0 Å². The molecule has 35 heavy (non-hydrogen) atoms. The van der Waals surface area contributed by atoms with Gasteiger partial charge in [-0.05, 0) is 39.0 Å². The van der Waals surface area contributed by atoms with Crippen LogP contribution in [0.1, 0.15) is 27.2 Å². The lowest BCUT2D eigenvalue weighted by Gasteiger charge is -2.19. The minimum atomic E-state index is -0.497. The highest BCUT2D eigenvalue weighted by atomic mass is 16.6. The SMILES string of the molecule is CC(C)(C)OC(=O)CCOCCOCCn1nc(-c2ccc3oc(N)nc3c2)c2c(N)ncnc21. The Morgan fingerprint density at radius 2 is 1.86 bits per heavy atom. The summed E-state index contributed by atoms with van der Waals surface area (Å²) >= 11 is 0. The molecule has 0 aliphatic heterocycles. The molecule has 0 unspecified atom stereocenters. The van der Waals surface area contributed by atoms with E-state index in [2.05, 4.69) is 15.0 Å². The molecule has 0 radical (unpaired) electrons. The summed E-state index contributed by atoms with van der Waals surface area (Å²) in [7, 11) is 0. The monoisotopic (exact) mass is 483 g/mol. The van der Waals surface area contributed by atoms with Gasteiger partial charge in [0.25, 0.3) is 6.01 Å². The van der Waals surface area contributed by atoms with Crippen molar-refractivity contribution in [2.45, 2.75) is 39.3 Å². The lowest BCUT2D eigenvalue weighted by Crippen LogP contribution is -2.24. The second-order valence-electron chi connectivity index (χ2n) is 8.83. The molecule has 4 N–H and O–H groups in total. The Hall–Kier alpha value is -3.77. The number of fused-ring (bicyclic) bond motifs is 2. The van der Waals surface area contributed by atoms with Crippen LogP contribution in [-0.4, -0.2) is 62.7 Å². The molecule has 0 bridgehead atoms. The number of carbonyl (C=O) groups is 1. The van der Waals surface area contributed by atoms with Crippen molar-refractivity contribution < 1.29 is 23.4 Å². The largest absolute Gasteiger partial charge is 0.460 e. The highest BCUT2D eigenvalue weighted by molar-refractivity contribution is 5.99. The number of anilines is 2. The van der Waals surface area contributed by atoms with Crippen LogP contribution in [0.3, 0.4) is 0 Å². The summed E-state index contributed by atoms with van der Waals surface area (Å²) in [6.45, 7) is 7.35. The Labute approximate surface area is 201 Å². The fourth-order valence-corrected chi connectivity index (χ4v) is 3.50. The van der Waals surface area contributed by atoms with E-state index in [0.717, 1.165) is 5.56 Å². The van der Waals surface area contributed by atoms with Gasteiger partial charge in [-0.1, -0.05) is 0 Å². The third-order valence-electron chi connectivity index (χ3n) is 4.93. The fraction of sp³-hybridized carbons (Fsp3) is 0.435. The van der Waals surface area contributed by atoms with Gasteiger partial charge in [0.05, 0.1) is 44.8 Å². The Morgan fingerprint density at radius 3 is 2.63 bits per heavy atom. The quantitative estimate of drug-likeness (QED) is 0.251. The summed E-state index contributed by atoms with van der Waals surface area (Å²) in [5.41, 5.74) is 14.5. The predicted octanol–water partition coefficient (Wildman–Crippen LogP) is 2.56. The second kappa shape index (κ2) is 10.2. The standard InChI is InChI=1S/C23H29N7O5/c1-23(2,3)35-17(31)6-8-32-10-11-33-9-7-30-21-18(20(24)26-13-27-21)19(29-30)14-4-5-16-15(12-14)28-22(25)34-16/h4-5,12-13H,6-11H2,1-3H3,(H2,25,28)(H2,24,26,27). The van der Waals surface area contributed by atoms with Crippen LogP contribution in [0.2, 0.25) is 0 Å². The number of benzene rings is 1. The normalized spacial score (nSPS) is 12.0. The molecule has 0 amide bonds. The minimum absolute atomic E-state index is 0.0985. The molecule has 0 aliphatic rings. The van der Waals surface area contributed by atoms with Gasteiger partial charge < -0.3 is 30.1 Å². The van der Waals surface area contributed by atoms with Crippen LogP contribution in [0.4, 0.5) is 11.8 Å². The Bertz CT molecular complexity index is 1330. The molecule has 3 aromatic heterocycles. The van der Waals surface area contributed by atoms with E-state index in [9.17, 15) is 4.79 Å². The van der Waals surface area contributed by atoms with Crippen molar-refractivity contribution in [2.75, 3.05) is 37.9 Å². The average Bonchev–Trinajstić information content (AvgIpc) is 3.34. The Kier molecular flexibility index (Phi) is 7.12. The summed E-state index contributed by atoms with van der Waals surface area (Å²) < 4.78 is 23.4. The molecule has 0 saturated heterocycles. The van der Waals surface area contributed by atoms with Crippen molar-refractivity contribution in [1.82, 2.24) is 24.7 Å². The van der Waals surface area contributed by atoms with Crippen LogP contribution in [-0.2, 0) is 25.5 Å². The van der Waals surface area contributed by atoms with Gasteiger partial charge in [0, 0.05) is 5.56 Å². The molecule has 4 aromatic rings. The third-order valence-corrected chi connectivity index (χ3v) is 4.93. The number of hydrogen-bond donors (Lipinski definition) is 2. The van der Waals surface area contributed by atoms with Crippen LogP contribution in [0.5, 0.6) is 0 Å². The first-order valence-electron chi connectivity index (χ1n) is 11.2. The summed E-state index contributed by atoms with van der Waals surface area (Å²) in [6.07, 6.45) is 1.60. The molecule has 3 heterocycles. The highest BCUT2D eigenvalue weighted by Gasteiger charge is 2.18. The molecule has 0 aliphatic carbocycles. The highest BCUT2D eigenvalue weighted by Crippen LogP contribution is 2.32. The van der Waals surface area contributed by atoms with Crippen LogP contribution in [0.15, 0.2) is 28.9 Å². The number of rotatable bonds is 10.